The summed E-state index contributed by atoms with van der Waals surface area (Å²) in [5.41, 5.74) is 6.61. The second-order valence-corrected chi connectivity index (χ2v) is 4.57. The van der Waals surface area contributed by atoms with Gasteiger partial charge in [-0.05, 0) is 25.3 Å². The number of nitrogens with two attached hydrogens (primary N) is 1. The Hall–Kier alpha value is -1.76. The summed E-state index contributed by atoms with van der Waals surface area (Å²) in [6, 6.07) is 4.05. The van der Waals surface area contributed by atoms with Gasteiger partial charge in [-0.3, -0.25) is 0 Å². The Bertz CT molecular complexity index is 408. The van der Waals surface area contributed by atoms with E-state index >= 15 is 0 Å². The molecule has 0 saturated carbocycles. The smallest absolute Gasteiger partial charge is 0.144 e. The number of nitriles is 1. The summed E-state index contributed by atoms with van der Waals surface area (Å²) in [5.74, 6) is 1.29. The van der Waals surface area contributed by atoms with Gasteiger partial charge in [-0.1, -0.05) is 20.3 Å². The lowest BCUT2D eigenvalue weighted by Crippen LogP contribution is -2.19. The lowest BCUT2D eigenvalue weighted by molar-refractivity contribution is 0.483. The SMILES string of the molecule is CCC(C)CC(C)Nc1ncc(N)cc1C#N. The van der Waals surface area contributed by atoms with Crippen LogP contribution < -0.4 is 11.1 Å². The van der Waals surface area contributed by atoms with Crippen LogP contribution in [-0.4, -0.2) is 11.0 Å². The molecule has 0 aliphatic heterocycles. The van der Waals surface area contributed by atoms with Gasteiger partial charge in [-0.25, -0.2) is 4.98 Å². The van der Waals surface area contributed by atoms with Crippen molar-refractivity contribution in [3.63, 3.8) is 0 Å². The number of nitrogens with zero attached hydrogens (tertiary/aromatic N) is 2. The largest absolute Gasteiger partial charge is 0.397 e. The number of nitrogen functional groups attached to an aromatic ring is 1. The summed E-state index contributed by atoms with van der Waals surface area (Å²) >= 11 is 0. The molecular formula is C13H20N4. The first-order valence-electron chi connectivity index (χ1n) is 5.99. The molecule has 4 nitrogen and oxygen atoms in total. The second kappa shape index (κ2) is 6.09. The first-order chi connectivity index (χ1) is 8.06. The zero-order valence-electron chi connectivity index (χ0n) is 10.7. The molecule has 1 heterocycles. The number of pyridine rings is 1. The summed E-state index contributed by atoms with van der Waals surface area (Å²) in [6.45, 7) is 6.50. The standard InChI is InChI=1S/C13H20N4/c1-4-9(2)5-10(3)17-13-11(7-14)6-12(15)8-16-13/h6,8-10H,4-5,15H2,1-3H3,(H,16,17). The van der Waals surface area contributed by atoms with Gasteiger partial charge < -0.3 is 11.1 Å². The zero-order valence-corrected chi connectivity index (χ0v) is 10.7. The van der Waals surface area contributed by atoms with Crippen LogP contribution in [0.4, 0.5) is 11.5 Å². The first kappa shape index (κ1) is 13.3. The Balaban J connectivity index is 2.71. The Morgan fingerprint density at radius 3 is 2.82 bits per heavy atom. The molecule has 0 spiro atoms. The highest BCUT2D eigenvalue weighted by molar-refractivity contribution is 5.57. The maximum absolute atomic E-state index is 9.00. The van der Waals surface area contributed by atoms with Crippen molar-refractivity contribution >= 4 is 11.5 Å². The van der Waals surface area contributed by atoms with E-state index in [2.05, 4.69) is 37.1 Å². The van der Waals surface area contributed by atoms with E-state index in [9.17, 15) is 0 Å². The molecule has 1 aromatic heterocycles. The molecule has 0 fully saturated rings. The van der Waals surface area contributed by atoms with E-state index in [-0.39, 0.29) is 0 Å². The van der Waals surface area contributed by atoms with Crippen molar-refractivity contribution in [2.24, 2.45) is 5.92 Å². The fourth-order valence-electron chi connectivity index (χ4n) is 1.74. The van der Waals surface area contributed by atoms with Gasteiger partial charge in [0, 0.05) is 6.04 Å². The normalized spacial score (nSPS) is 13.8. The molecular weight excluding hydrogens is 212 g/mol. The number of hydrogen-bond donors (Lipinski definition) is 2. The van der Waals surface area contributed by atoms with Gasteiger partial charge >= 0.3 is 0 Å². The fourth-order valence-corrected chi connectivity index (χ4v) is 1.74. The topological polar surface area (TPSA) is 74.7 Å². The van der Waals surface area contributed by atoms with Gasteiger partial charge in [0.2, 0.25) is 0 Å². The predicted molar refractivity (Wildman–Crippen MR) is 70.5 cm³/mol. The molecule has 1 aromatic rings. The lowest BCUT2D eigenvalue weighted by atomic mass is 10.0. The molecule has 3 N–H and O–H groups in total. The van der Waals surface area contributed by atoms with Crippen LogP contribution in [0, 0.1) is 17.2 Å². The molecule has 0 amide bonds. The molecule has 0 aromatic carbocycles. The summed E-state index contributed by atoms with van der Waals surface area (Å²) in [6.07, 6.45) is 3.79. The van der Waals surface area contributed by atoms with Gasteiger partial charge in [0.25, 0.3) is 0 Å². The van der Waals surface area contributed by atoms with Crippen LogP contribution in [0.5, 0.6) is 0 Å². The molecule has 0 aliphatic rings. The minimum Gasteiger partial charge on any atom is -0.397 e. The minimum atomic E-state index is 0.299. The third-order valence-corrected chi connectivity index (χ3v) is 2.87. The maximum atomic E-state index is 9.00. The third kappa shape index (κ3) is 3.95. The Morgan fingerprint density at radius 2 is 2.24 bits per heavy atom. The van der Waals surface area contributed by atoms with Crippen molar-refractivity contribution in [3.8, 4) is 6.07 Å². The molecule has 1 rings (SSSR count). The molecule has 0 aliphatic carbocycles. The van der Waals surface area contributed by atoms with E-state index in [0.717, 1.165) is 12.8 Å². The number of aromatic nitrogens is 1. The van der Waals surface area contributed by atoms with Crippen molar-refractivity contribution in [1.82, 2.24) is 4.98 Å². The van der Waals surface area contributed by atoms with Crippen molar-refractivity contribution in [2.75, 3.05) is 11.1 Å². The molecule has 0 bridgehead atoms. The maximum Gasteiger partial charge on any atom is 0.144 e. The third-order valence-electron chi connectivity index (χ3n) is 2.87. The van der Waals surface area contributed by atoms with E-state index in [1.807, 2.05) is 0 Å². The zero-order chi connectivity index (χ0) is 12.8. The van der Waals surface area contributed by atoms with Crippen molar-refractivity contribution < 1.29 is 0 Å². The van der Waals surface area contributed by atoms with E-state index < -0.39 is 0 Å². The quantitative estimate of drug-likeness (QED) is 0.818. The van der Waals surface area contributed by atoms with Crippen LogP contribution in [0.2, 0.25) is 0 Å². The highest BCUT2D eigenvalue weighted by Crippen LogP contribution is 2.18. The molecule has 4 heteroatoms. The minimum absolute atomic E-state index is 0.299. The molecule has 2 unspecified atom stereocenters. The van der Waals surface area contributed by atoms with E-state index in [0.29, 0.717) is 29.0 Å². The van der Waals surface area contributed by atoms with Crippen molar-refractivity contribution in [2.45, 2.75) is 39.7 Å². The van der Waals surface area contributed by atoms with Crippen LogP contribution in [0.25, 0.3) is 0 Å². The van der Waals surface area contributed by atoms with Gasteiger partial charge in [-0.2, -0.15) is 5.26 Å². The van der Waals surface area contributed by atoms with Gasteiger partial charge in [-0.15, -0.1) is 0 Å². The molecule has 0 radical (unpaired) electrons. The Kier molecular flexibility index (Phi) is 4.77. The van der Waals surface area contributed by atoms with Crippen LogP contribution in [-0.2, 0) is 0 Å². The van der Waals surface area contributed by atoms with E-state index in [1.54, 1.807) is 12.3 Å². The molecule has 0 saturated heterocycles. The van der Waals surface area contributed by atoms with Gasteiger partial charge in [0.1, 0.15) is 11.9 Å². The van der Waals surface area contributed by atoms with Gasteiger partial charge in [0.05, 0.1) is 17.4 Å². The first-order valence-corrected chi connectivity index (χ1v) is 5.99. The fraction of sp³-hybridized carbons (Fsp3) is 0.538. The molecule has 2 atom stereocenters. The van der Waals surface area contributed by atoms with Crippen molar-refractivity contribution in [1.29, 1.82) is 5.26 Å². The predicted octanol–water partition coefficient (Wildman–Crippen LogP) is 2.77. The van der Waals surface area contributed by atoms with Crippen molar-refractivity contribution in [3.05, 3.63) is 17.8 Å². The average Bonchev–Trinajstić information content (AvgIpc) is 2.31. The summed E-state index contributed by atoms with van der Waals surface area (Å²) in [7, 11) is 0. The van der Waals surface area contributed by atoms with Crippen LogP contribution in [0.1, 0.15) is 39.2 Å². The number of rotatable bonds is 5. The highest BCUT2D eigenvalue weighted by atomic mass is 15.0. The Labute approximate surface area is 103 Å². The summed E-state index contributed by atoms with van der Waals surface area (Å²) in [5, 5.41) is 12.3. The average molecular weight is 232 g/mol. The number of nitrogens with one attached hydrogen (secondary N) is 1. The number of anilines is 2. The van der Waals surface area contributed by atoms with E-state index in [4.69, 9.17) is 11.0 Å². The van der Waals surface area contributed by atoms with Crippen LogP contribution in [0.3, 0.4) is 0 Å². The van der Waals surface area contributed by atoms with Gasteiger partial charge in [0.15, 0.2) is 0 Å². The Morgan fingerprint density at radius 1 is 1.53 bits per heavy atom. The summed E-state index contributed by atoms with van der Waals surface area (Å²) < 4.78 is 0. The van der Waals surface area contributed by atoms with E-state index in [1.165, 1.54) is 0 Å². The monoisotopic (exact) mass is 232 g/mol. The summed E-state index contributed by atoms with van der Waals surface area (Å²) in [4.78, 5) is 4.16. The molecule has 17 heavy (non-hydrogen) atoms. The second-order valence-electron chi connectivity index (χ2n) is 4.57. The highest BCUT2D eigenvalue weighted by Gasteiger charge is 2.10. The number of hydrogen-bond acceptors (Lipinski definition) is 4. The molecule has 92 valence electrons. The van der Waals surface area contributed by atoms with Crippen LogP contribution >= 0.6 is 0 Å². The van der Waals surface area contributed by atoms with Crippen LogP contribution in [0.15, 0.2) is 12.3 Å². The lowest BCUT2D eigenvalue weighted by Gasteiger charge is -2.18.